The number of rotatable bonds is 3. The summed E-state index contributed by atoms with van der Waals surface area (Å²) in [6.07, 6.45) is 0. The molecule has 3 nitrogen and oxygen atoms in total. The second kappa shape index (κ2) is 5.51. The molecule has 1 atom stereocenters. The average molecular weight is 381 g/mol. The Morgan fingerprint density at radius 2 is 1.88 bits per heavy atom. The molecule has 0 aromatic heterocycles. The van der Waals surface area contributed by atoms with Gasteiger partial charge in [-0.25, -0.2) is 8.42 Å². The lowest BCUT2D eigenvalue weighted by Gasteiger charge is -2.15. The molecule has 6 heteroatoms. The minimum atomic E-state index is -3.64. The van der Waals surface area contributed by atoms with Gasteiger partial charge in [0.05, 0.1) is 11.0 Å². The average Bonchev–Trinajstić information content (AvgIpc) is 2.21. The molecule has 0 bridgehead atoms. The Labute approximate surface area is 118 Å². The summed E-state index contributed by atoms with van der Waals surface area (Å²) in [7, 11) is -3.64. The molecule has 0 saturated carbocycles. The van der Waals surface area contributed by atoms with Crippen molar-refractivity contribution in [3.05, 3.63) is 27.1 Å². The predicted molar refractivity (Wildman–Crippen MR) is 73.3 cm³/mol. The number of halogens is 2. The molecule has 1 unspecified atom stereocenters. The Bertz CT molecular complexity index is 561. The standard InChI is InChI=1S/C11H11Br2NO2S/c1-7(2)11(6-14)17(15,16)10-5-8(12)3-4-9(10)13/h3-5,7,11H,1-2H3. The van der Waals surface area contributed by atoms with Crippen LogP contribution in [-0.4, -0.2) is 13.7 Å². The summed E-state index contributed by atoms with van der Waals surface area (Å²) >= 11 is 6.43. The zero-order valence-corrected chi connectivity index (χ0v) is 13.3. The number of nitrogens with zero attached hydrogens (tertiary/aromatic N) is 1. The van der Waals surface area contributed by atoms with Crippen LogP contribution in [0.3, 0.4) is 0 Å². The molecule has 92 valence electrons. The first-order valence-corrected chi connectivity index (χ1v) is 8.02. The molecule has 0 radical (unpaired) electrons. The second-order valence-corrected chi connectivity index (χ2v) is 7.72. The van der Waals surface area contributed by atoms with Crippen molar-refractivity contribution in [1.82, 2.24) is 0 Å². The molecular weight excluding hydrogens is 370 g/mol. The van der Waals surface area contributed by atoms with Gasteiger partial charge >= 0.3 is 0 Å². The van der Waals surface area contributed by atoms with E-state index in [9.17, 15) is 8.42 Å². The van der Waals surface area contributed by atoms with E-state index in [1.807, 2.05) is 6.07 Å². The monoisotopic (exact) mass is 379 g/mol. The fourth-order valence-electron chi connectivity index (χ4n) is 1.41. The van der Waals surface area contributed by atoms with E-state index in [2.05, 4.69) is 31.9 Å². The SMILES string of the molecule is CC(C)C(C#N)S(=O)(=O)c1cc(Br)ccc1Br. The lowest BCUT2D eigenvalue weighted by atomic mass is 10.1. The number of benzene rings is 1. The maximum atomic E-state index is 12.3. The molecule has 0 amide bonds. The van der Waals surface area contributed by atoms with Crippen LogP contribution < -0.4 is 0 Å². The molecule has 1 aromatic carbocycles. The second-order valence-electron chi connectivity index (χ2n) is 3.91. The first-order valence-electron chi connectivity index (χ1n) is 4.89. The number of sulfone groups is 1. The van der Waals surface area contributed by atoms with Gasteiger partial charge in [-0.15, -0.1) is 0 Å². The van der Waals surface area contributed by atoms with Crippen LogP contribution in [0.4, 0.5) is 0 Å². The third-order valence-corrected chi connectivity index (χ3v) is 5.98. The van der Waals surface area contributed by atoms with Gasteiger partial charge in [-0.1, -0.05) is 29.8 Å². The fraction of sp³-hybridized carbons (Fsp3) is 0.364. The highest BCUT2D eigenvalue weighted by atomic mass is 79.9. The van der Waals surface area contributed by atoms with E-state index in [4.69, 9.17) is 5.26 Å². The van der Waals surface area contributed by atoms with Crippen molar-refractivity contribution in [1.29, 1.82) is 5.26 Å². The van der Waals surface area contributed by atoms with E-state index in [0.29, 0.717) is 8.95 Å². The van der Waals surface area contributed by atoms with E-state index in [1.54, 1.807) is 26.0 Å². The lowest BCUT2D eigenvalue weighted by molar-refractivity contribution is 0.563. The normalized spacial score (nSPS) is 13.4. The Hall–Kier alpha value is -0.380. The van der Waals surface area contributed by atoms with Gasteiger partial charge in [0.2, 0.25) is 0 Å². The van der Waals surface area contributed by atoms with Crippen molar-refractivity contribution in [2.24, 2.45) is 5.92 Å². The van der Waals surface area contributed by atoms with E-state index in [-0.39, 0.29) is 10.8 Å². The quantitative estimate of drug-likeness (QED) is 0.805. The molecule has 0 saturated heterocycles. The van der Waals surface area contributed by atoms with Crippen molar-refractivity contribution in [2.45, 2.75) is 24.0 Å². The van der Waals surface area contributed by atoms with Crippen LogP contribution in [0, 0.1) is 17.2 Å². The third-order valence-electron chi connectivity index (χ3n) is 2.27. The van der Waals surface area contributed by atoms with Crippen LogP contribution in [0.15, 0.2) is 32.0 Å². The molecule has 0 N–H and O–H groups in total. The predicted octanol–water partition coefficient (Wildman–Crippen LogP) is 3.53. The first-order chi connectivity index (χ1) is 7.80. The summed E-state index contributed by atoms with van der Waals surface area (Å²) < 4.78 is 25.7. The van der Waals surface area contributed by atoms with Gasteiger partial charge in [-0.2, -0.15) is 5.26 Å². The molecule has 0 aliphatic rings. The lowest BCUT2D eigenvalue weighted by Crippen LogP contribution is -2.25. The molecule has 1 rings (SSSR count). The smallest absolute Gasteiger partial charge is 0.195 e. The molecule has 0 heterocycles. The Morgan fingerprint density at radius 3 is 2.35 bits per heavy atom. The molecule has 0 aliphatic heterocycles. The highest BCUT2D eigenvalue weighted by Crippen LogP contribution is 2.30. The van der Waals surface area contributed by atoms with Crippen LogP contribution in [0.25, 0.3) is 0 Å². The number of hydrogen-bond acceptors (Lipinski definition) is 3. The molecule has 0 aliphatic carbocycles. The summed E-state index contributed by atoms with van der Waals surface area (Å²) in [4.78, 5) is 0.145. The highest BCUT2D eigenvalue weighted by Gasteiger charge is 2.31. The summed E-state index contributed by atoms with van der Waals surface area (Å²) in [5, 5.41) is 7.96. The van der Waals surface area contributed by atoms with Crippen LogP contribution in [0.1, 0.15) is 13.8 Å². The summed E-state index contributed by atoms with van der Waals surface area (Å²) in [6, 6.07) is 6.75. The van der Waals surface area contributed by atoms with Crippen LogP contribution in [0.2, 0.25) is 0 Å². The van der Waals surface area contributed by atoms with Gasteiger partial charge in [0.1, 0.15) is 0 Å². The Kier molecular flexibility index (Phi) is 4.76. The number of hydrogen-bond donors (Lipinski definition) is 0. The minimum absolute atomic E-state index is 0.145. The minimum Gasteiger partial charge on any atom is -0.222 e. The van der Waals surface area contributed by atoms with E-state index in [0.717, 1.165) is 0 Å². The first kappa shape index (κ1) is 14.7. The van der Waals surface area contributed by atoms with Crippen molar-refractivity contribution in [3.63, 3.8) is 0 Å². The van der Waals surface area contributed by atoms with Gasteiger partial charge in [-0.3, -0.25) is 0 Å². The maximum Gasteiger partial charge on any atom is 0.195 e. The van der Waals surface area contributed by atoms with Gasteiger partial charge in [0.15, 0.2) is 15.1 Å². The Balaban J connectivity index is 3.41. The number of nitriles is 1. The fourth-order valence-corrected chi connectivity index (χ4v) is 4.60. The van der Waals surface area contributed by atoms with Gasteiger partial charge in [0, 0.05) is 8.95 Å². The molecule has 0 fully saturated rings. The summed E-state index contributed by atoms with van der Waals surface area (Å²) in [5.74, 6) is -0.254. The van der Waals surface area contributed by atoms with Gasteiger partial charge in [-0.05, 0) is 40.0 Å². The third kappa shape index (κ3) is 3.09. The van der Waals surface area contributed by atoms with Gasteiger partial charge < -0.3 is 0 Å². The summed E-state index contributed by atoms with van der Waals surface area (Å²) in [5.41, 5.74) is 0. The molecule has 0 spiro atoms. The molecular formula is C11H11Br2NO2S. The van der Waals surface area contributed by atoms with Crippen molar-refractivity contribution < 1.29 is 8.42 Å². The highest BCUT2D eigenvalue weighted by molar-refractivity contribution is 9.11. The van der Waals surface area contributed by atoms with Crippen molar-refractivity contribution in [2.75, 3.05) is 0 Å². The van der Waals surface area contributed by atoms with Crippen LogP contribution in [-0.2, 0) is 9.84 Å². The molecule has 17 heavy (non-hydrogen) atoms. The zero-order valence-electron chi connectivity index (χ0n) is 9.31. The topological polar surface area (TPSA) is 57.9 Å². The van der Waals surface area contributed by atoms with Crippen LogP contribution in [0.5, 0.6) is 0 Å². The maximum absolute atomic E-state index is 12.3. The van der Waals surface area contributed by atoms with Crippen molar-refractivity contribution in [3.8, 4) is 6.07 Å². The van der Waals surface area contributed by atoms with Crippen molar-refractivity contribution >= 4 is 41.7 Å². The largest absolute Gasteiger partial charge is 0.222 e. The van der Waals surface area contributed by atoms with Gasteiger partial charge in [0.25, 0.3) is 0 Å². The molecule has 1 aromatic rings. The van der Waals surface area contributed by atoms with E-state index in [1.165, 1.54) is 6.07 Å². The van der Waals surface area contributed by atoms with E-state index < -0.39 is 15.1 Å². The summed E-state index contributed by atoms with van der Waals surface area (Å²) in [6.45, 7) is 3.44. The Morgan fingerprint density at radius 1 is 1.29 bits per heavy atom. The van der Waals surface area contributed by atoms with Crippen LogP contribution >= 0.6 is 31.9 Å². The zero-order chi connectivity index (χ0) is 13.2. The van der Waals surface area contributed by atoms with E-state index >= 15 is 0 Å².